The van der Waals surface area contributed by atoms with E-state index in [9.17, 15) is 14.7 Å². The van der Waals surface area contributed by atoms with Crippen LogP contribution in [-0.4, -0.2) is 109 Å². The van der Waals surface area contributed by atoms with Crippen LogP contribution in [0.5, 0.6) is 0 Å². The van der Waals surface area contributed by atoms with Gasteiger partial charge in [-0.05, 0) is 82.8 Å². The number of imidazole rings is 2. The monoisotopic (exact) mass is 881 g/mol. The van der Waals surface area contributed by atoms with Gasteiger partial charge in [-0.15, -0.1) is 0 Å². The van der Waals surface area contributed by atoms with Gasteiger partial charge in [0.2, 0.25) is 0 Å². The third-order valence-electron chi connectivity index (χ3n) is 11.3. The number of ether oxygens (including phenoxy) is 3. The number of hydrogen-bond acceptors (Lipinski definition) is 10. The van der Waals surface area contributed by atoms with Crippen molar-refractivity contribution in [2.75, 3.05) is 26.3 Å². The maximum Gasteiger partial charge on any atom is 0.410 e. The van der Waals surface area contributed by atoms with Crippen LogP contribution >= 0.6 is 0 Å². The summed E-state index contributed by atoms with van der Waals surface area (Å²) in [7, 11) is -2.61. The molecular weight excluding hydrogens is 819 g/mol. The lowest BCUT2D eigenvalue weighted by Crippen LogP contribution is -2.37. The number of nitrogens with zero attached hydrogens (tertiary/aromatic N) is 9. The van der Waals surface area contributed by atoms with Gasteiger partial charge in [0.05, 0.1) is 41.4 Å². The van der Waals surface area contributed by atoms with Crippen molar-refractivity contribution >= 4 is 39.2 Å². The molecule has 6 heterocycles. The van der Waals surface area contributed by atoms with Gasteiger partial charge in [-0.3, -0.25) is 14.8 Å². The Morgan fingerprint density at radius 1 is 0.726 bits per heavy atom. The van der Waals surface area contributed by atoms with Crippen molar-refractivity contribution in [2.24, 2.45) is 0 Å². The van der Waals surface area contributed by atoms with Gasteiger partial charge in [-0.25, -0.2) is 29.5 Å². The van der Waals surface area contributed by atoms with Crippen LogP contribution in [0.15, 0.2) is 55.1 Å². The molecule has 1 aromatic carbocycles. The minimum absolute atomic E-state index is 0.233. The summed E-state index contributed by atoms with van der Waals surface area (Å²) in [6.07, 6.45) is 9.16. The van der Waals surface area contributed by atoms with Crippen LogP contribution in [0, 0.1) is 0 Å². The number of carbonyl (C=O) groups is 2. The number of pyridine rings is 1. The topological polar surface area (TPSA) is 163 Å². The van der Waals surface area contributed by atoms with Gasteiger partial charge in [0.1, 0.15) is 36.4 Å². The smallest absolute Gasteiger partial charge is 0.410 e. The van der Waals surface area contributed by atoms with Crippen molar-refractivity contribution in [3.63, 3.8) is 0 Å². The number of carboxylic acid groups (broad SMARTS) is 1. The van der Waals surface area contributed by atoms with Crippen molar-refractivity contribution in [3.05, 3.63) is 66.8 Å². The van der Waals surface area contributed by atoms with Gasteiger partial charge in [-0.1, -0.05) is 45.3 Å². The standard InChI is InChI=1S/C45H63N9O6Si2/c1-45(2,3)60-44(57)52-19-11-13-37(52)42-49-28-39(54(42)30-59-21-23-62(7,8)9)32-15-17-35(46-25-32)40-47-26-33-24-31(14-16-34(33)50-40)38-27-48-41(36-12-10-18-51(36)43(55)56)53(38)29-58-20-22-61(4,5)6/h14-17,24-28,36-37H,10-13,18-23,29-30H2,1-9H3,(H,55,56)/t36-,37-/m0/s1. The second kappa shape index (κ2) is 18.4. The van der Waals surface area contributed by atoms with Gasteiger partial charge < -0.3 is 28.5 Å². The number of likely N-dealkylation sites (tertiary alicyclic amines) is 2. The maximum absolute atomic E-state index is 13.3. The molecular formula is C45H63N9O6Si2. The van der Waals surface area contributed by atoms with Crippen LogP contribution in [0.3, 0.4) is 0 Å². The summed E-state index contributed by atoms with van der Waals surface area (Å²) in [4.78, 5) is 52.8. The fourth-order valence-corrected chi connectivity index (χ4v) is 9.46. The number of amides is 2. The number of aromatic nitrogens is 7. The molecule has 0 radical (unpaired) electrons. The molecule has 0 saturated carbocycles. The van der Waals surface area contributed by atoms with E-state index in [0.29, 0.717) is 56.8 Å². The molecule has 62 heavy (non-hydrogen) atoms. The van der Waals surface area contributed by atoms with Gasteiger partial charge in [-0.2, -0.15) is 0 Å². The lowest BCUT2D eigenvalue weighted by molar-refractivity contribution is 0.0204. The summed E-state index contributed by atoms with van der Waals surface area (Å²) in [6.45, 7) is 22.6. The van der Waals surface area contributed by atoms with E-state index in [4.69, 9.17) is 39.1 Å². The van der Waals surface area contributed by atoms with Crippen LogP contribution in [0.2, 0.25) is 51.4 Å². The third-order valence-corrected chi connectivity index (χ3v) is 14.8. The molecule has 0 bridgehead atoms. The van der Waals surface area contributed by atoms with E-state index >= 15 is 0 Å². The van der Waals surface area contributed by atoms with Gasteiger partial charge in [0, 0.05) is 71.4 Å². The minimum atomic E-state index is -1.31. The van der Waals surface area contributed by atoms with Crippen LogP contribution in [0.4, 0.5) is 9.59 Å². The molecule has 17 heteroatoms. The van der Waals surface area contributed by atoms with Crippen molar-refractivity contribution < 1.29 is 28.9 Å². The molecule has 2 amide bonds. The Morgan fingerprint density at radius 3 is 1.84 bits per heavy atom. The average molecular weight is 882 g/mol. The molecule has 7 rings (SSSR count). The average Bonchev–Trinajstić information content (AvgIpc) is 4.03. The highest BCUT2D eigenvalue weighted by molar-refractivity contribution is 6.76. The normalized spacial score (nSPS) is 17.4. The van der Waals surface area contributed by atoms with Crippen LogP contribution in [0.1, 0.15) is 70.2 Å². The van der Waals surface area contributed by atoms with E-state index in [1.165, 1.54) is 4.90 Å². The van der Waals surface area contributed by atoms with Crippen molar-refractivity contribution in [1.82, 2.24) is 43.9 Å². The highest BCUT2D eigenvalue weighted by Crippen LogP contribution is 2.37. The zero-order valence-electron chi connectivity index (χ0n) is 37.8. The summed E-state index contributed by atoms with van der Waals surface area (Å²) in [5, 5.41) is 10.8. The highest BCUT2D eigenvalue weighted by atomic mass is 28.3. The van der Waals surface area contributed by atoms with Crippen molar-refractivity contribution in [3.8, 4) is 34.0 Å². The lowest BCUT2D eigenvalue weighted by Gasteiger charge is -2.29. The molecule has 2 aliphatic rings. The number of benzene rings is 1. The quantitative estimate of drug-likeness (QED) is 0.0787. The fraction of sp³-hybridized carbons (Fsp3) is 0.533. The number of fused-ring (bicyclic) bond motifs is 1. The molecule has 2 saturated heterocycles. The Balaban J connectivity index is 1.13. The molecule has 2 fully saturated rings. The molecule has 15 nitrogen and oxygen atoms in total. The first-order valence-electron chi connectivity index (χ1n) is 21.8. The first-order chi connectivity index (χ1) is 29.3. The van der Waals surface area contributed by atoms with Crippen molar-refractivity contribution in [2.45, 2.75) is 129 Å². The van der Waals surface area contributed by atoms with Crippen LogP contribution in [-0.2, 0) is 27.7 Å². The number of hydrogen-bond donors (Lipinski definition) is 1. The highest BCUT2D eigenvalue weighted by Gasteiger charge is 2.37. The molecule has 0 spiro atoms. The Kier molecular flexibility index (Phi) is 13.4. The Bertz CT molecular complexity index is 2360. The maximum atomic E-state index is 13.3. The summed E-state index contributed by atoms with van der Waals surface area (Å²) >= 11 is 0. The summed E-state index contributed by atoms with van der Waals surface area (Å²) in [6, 6.07) is 11.4. The zero-order chi connectivity index (χ0) is 44.4. The molecule has 1 N–H and O–H groups in total. The Labute approximate surface area is 366 Å². The molecule has 2 aliphatic heterocycles. The SMILES string of the molecule is CC(C)(C)OC(=O)N1CCC[C@H]1c1ncc(-c2ccc(-c3ncc4cc(-c5cnc([C@@H]6CCCN6C(=O)O)n5COCC[Si](C)(C)C)ccc4n3)nc2)n1COCC[Si](C)(C)C. The Hall–Kier alpha value is -4.98. The lowest BCUT2D eigenvalue weighted by atomic mass is 10.1. The predicted octanol–water partition coefficient (Wildman–Crippen LogP) is 9.93. The molecule has 5 aromatic rings. The second-order valence-electron chi connectivity index (χ2n) is 19.9. The van der Waals surface area contributed by atoms with E-state index < -0.39 is 27.8 Å². The first kappa shape index (κ1) is 45.1. The Morgan fingerprint density at radius 2 is 1.29 bits per heavy atom. The molecule has 2 atom stereocenters. The number of rotatable bonds is 15. The van der Waals surface area contributed by atoms with E-state index in [2.05, 4.69) is 43.8 Å². The first-order valence-corrected chi connectivity index (χ1v) is 29.3. The molecule has 332 valence electrons. The summed E-state index contributed by atoms with van der Waals surface area (Å²) in [5.41, 5.74) is 4.26. The van der Waals surface area contributed by atoms with Gasteiger partial charge >= 0.3 is 12.2 Å². The molecule has 0 unspecified atom stereocenters. The molecule has 4 aromatic heterocycles. The van der Waals surface area contributed by atoms with E-state index in [-0.39, 0.29) is 24.9 Å². The van der Waals surface area contributed by atoms with Crippen LogP contribution < -0.4 is 0 Å². The largest absolute Gasteiger partial charge is 0.465 e. The minimum Gasteiger partial charge on any atom is -0.465 e. The number of carbonyl (C=O) groups excluding carboxylic acids is 1. The summed E-state index contributed by atoms with van der Waals surface area (Å²) in [5.74, 6) is 1.97. The van der Waals surface area contributed by atoms with E-state index in [1.807, 2.05) is 80.5 Å². The van der Waals surface area contributed by atoms with Crippen LogP contribution in [0.25, 0.3) is 44.9 Å². The van der Waals surface area contributed by atoms with Crippen molar-refractivity contribution in [1.29, 1.82) is 0 Å². The van der Waals surface area contributed by atoms with Gasteiger partial charge in [0.25, 0.3) is 0 Å². The summed E-state index contributed by atoms with van der Waals surface area (Å²) < 4.78 is 22.4. The fourth-order valence-electron chi connectivity index (χ4n) is 7.94. The molecule has 0 aliphatic carbocycles. The van der Waals surface area contributed by atoms with E-state index in [1.54, 1.807) is 4.90 Å². The van der Waals surface area contributed by atoms with Gasteiger partial charge in [0.15, 0.2) is 5.82 Å². The second-order valence-corrected chi connectivity index (χ2v) is 31.2. The third kappa shape index (κ3) is 10.8. The predicted molar refractivity (Wildman–Crippen MR) is 245 cm³/mol. The zero-order valence-corrected chi connectivity index (χ0v) is 39.8. The van der Waals surface area contributed by atoms with E-state index in [0.717, 1.165) is 70.6 Å².